The fraction of sp³-hybridized carbons (Fsp3) is 0.429. The molecule has 1 unspecified atom stereocenters. The predicted molar refractivity (Wildman–Crippen MR) is 76.7 cm³/mol. The second-order valence-electron chi connectivity index (χ2n) is 4.73. The van der Waals surface area contributed by atoms with Gasteiger partial charge in [0.1, 0.15) is 12.1 Å². The minimum atomic E-state index is -1.20. The molecule has 0 bridgehead atoms. The Bertz CT molecular complexity index is 471. The Labute approximate surface area is 121 Å². The minimum Gasteiger partial charge on any atom is -0.479 e. The molecule has 1 aliphatic rings. The van der Waals surface area contributed by atoms with Crippen molar-refractivity contribution in [2.75, 3.05) is 11.5 Å². The Morgan fingerprint density at radius 3 is 2.70 bits per heavy atom. The molecule has 1 amide bonds. The average molecular weight is 295 g/mol. The van der Waals surface area contributed by atoms with E-state index in [0.717, 1.165) is 17.7 Å². The third-order valence-electron chi connectivity index (χ3n) is 3.20. The molecule has 0 saturated carbocycles. The van der Waals surface area contributed by atoms with E-state index in [1.807, 2.05) is 30.3 Å². The second-order valence-corrected chi connectivity index (χ2v) is 5.84. The van der Waals surface area contributed by atoms with Crippen LogP contribution < -0.4 is 5.32 Å². The molecule has 1 aromatic carbocycles. The highest BCUT2D eigenvalue weighted by Gasteiger charge is 2.42. The first kappa shape index (κ1) is 14.7. The summed E-state index contributed by atoms with van der Waals surface area (Å²) in [6.07, 6.45) is 0.532. The van der Waals surface area contributed by atoms with Gasteiger partial charge in [0.25, 0.3) is 0 Å². The first-order chi connectivity index (χ1) is 9.62. The number of carboxylic acid groups (broad SMARTS) is 1. The van der Waals surface area contributed by atoms with Crippen LogP contribution in [0.1, 0.15) is 18.4 Å². The van der Waals surface area contributed by atoms with Gasteiger partial charge in [-0.1, -0.05) is 30.3 Å². The number of benzene rings is 1. The van der Waals surface area contributed by atoms with Crippen molar-refractivity contribution in [1.82, 2.24) is 5.32 Å². The maximum atomic E-state index is 11.8. The highest BCUT2D eigenvalue weighted by atomic mass is 32.2. The van der Waals surface area contributed by atoms with E-state index in [0.29, 0.717) is 12.2 Å². The zero-order valence-electron chi connectivity index (χ0n) is 11.0. The summed E-state index contributed by atoms with van der Waals surface area (Å²) in [5, 5.41) is 11.9. The number of aliphatic carboxylic acids is 1. The number of carbonyl (C=O) groups excluding carboxylic acids is 1. The molecule has 0 aromatic heterocycles. The van der Waals surface area contributed by atoms with Crippen molar-refractivity contribution in [2.45, 2.75) is 25.0 Å². The van der Waals surface area contributed by atoms with Crippen molar-refractivity contribution < 1.29 is 19.4 Å². The Morgan fingerprint density at radius 1 is 1.35 bits per heavy atom. The first-order valence-corrected chi connectivity index (χ1v) is 7.58. The van der Waals surface area contributed by atoms with Crippen molar-refractivity contribution in [2.24, 2.45) is 0 Å². The van der Waals surface area contributed by atoms with E-state index in [2.05, 4.69) is 5.32 Å². The molecular weight excluding hydrogens is 278 g/mol. The Kier molecular flexibility index (Phi) is 4.89. The molecule has 0 radical (unpaired) electrons. The molecule has 1 saturated heterocycles. The van der Waals surface area contributed by atoms with Crippen LogP contribution in [0.2, 0.25) is 0 Å². The van der Waals surface area contributed by atoms with Crippen LogP contribution in [-0.4, -0.2) is 34.2 Å². The highest BCUT2D eigenvalue weighted by molar-refractivity contribution is 7.99. The highest BCUT2D eigenvalue weighted by Crippen LogP contribution is 2.27. The van der Waals surface area contributed by atoms with Crippen molar-refractivity contribution in [3.8, 4) is 0 Å². The fourth-order valence-electron chi connectivity index (χ4n) is 2.07. The number of hydrogen-bond acceptors (Lipinski definition) is 4. The Morgan fingerprint density at radius 2 is 2.10 bits per heavy atom. The number of rotatable bonds is 4. The lowest BCUT2D eigenvalue weighted by atomic mass is 9.96. The number of ether oxygens (including phenoxy) is 1. The largest absolute Gasteiger partial charge is 0.479 e. The van der Waals surface area contributed by atoms with E-state index < -0.39 is 17.6 Å². The van der Waals surface area contributed by atoms with Crippen molar-refractivity contribution >= 4 is 23.8 Å². The van der Waals surface area contributed by atoms with E-state index in [-0.39, 0.29) is 6.61 Å². The molecule has 108 valence electrons. The van der Waals surface area contributed by atoms with Gasteiger partial charge >= 0.3 is 12.1 Å². The summed E-state index contributed by atoms with van der Waals surface area (Å²) in [7, 11) is 0. The molecule has 0 aliphatic carbocycles. The normalized spacial score (nSPS) is 22.0. The standard InChI is InChI=1S/C14H17NO4S/c16-12(17)14(7-4-8-20-10-14)15-13(18)19-9-11-5-2-1-3-6-11/h1-3,5-6H,4,7-10H2,(H,15,18)(H,16,17). The molecule has 2 N–H and O–H groups in total. The van der Waals surface area contributed by atoms with Crippen LogP contribution in [0.5, 0.6) is 0 Å². The lowest BCUT2D eigenvalue weighted by Gasteiger charge is -2.32. The SMILES string of the molecule is O=C(NC1(C(=O)O)CCCSC1)OCc1ccccc1. The molecule has 1 atom stereocenters. The van der Waals surface area contributed by atoms with Gasteiger partial charge in [0, 0.05) is 5.75 Å². The zero-order valence-corrected chi connectivity index (χ0v) is 11.8. The predicted octanol–water partition coefficient (Wildman–Crippen LogP) is 2.26. The number of nitrogens with one attached hydrogen (secondary N) is 1. The monoisotopic (exact) mass is 295 g/mol. The second kappa shape index (κ2) is 6.65. The number of hydrogen-bond donors (Lipinski definition) is 2. The fourth-order valence-corrected chi connectivity index (χ4v) is 3.25. The third-order valence-corrected chi connectivity index (χ3v) is 4.48. The van der Waals surface area contributed by atoms with Crippen molar-refractivity contribution in [3.63, 3.8) is 0 Å². The molecule has 1 aromatic rings. The summed E-state index contributed by atoms with van der Waals surface area (Å²) in [4.78, 5) is 23.2. The van der Waals surface area contributed by atoms with E-state index in [1.165, 1.54) is 11.8 Å². The molecule has 20 heavy (non-hydrogen) atoms. The number of alkyl carbamates (subject to hydrolysis) is 1. The topological polar surface area (TPSA) is 75.6 Å². The molecule has 1 fully saturated rings. The van der Waals surface area contributed by atoms with Gasteiger partial charge in [0.2, 0.25) is 0 Å². The van der Waals surface area contributed by atoms with Gasteiger partial charge in [-0.05, 0) is 24.2 Å². The van der Waals surface area contributed by atoms with E-state index in [1.54, 1.807) is 0 Å². The van der Waals surface area contributed by atoms with Crippen LogP contribution in [0.4, 0.5) is 4.79 Å². The molecule has 6 heteroatoms. The first-order valence-electron chi connectivity index (χ1n) is 6.42. The van der Waals surface area contributed by atoms with Gasteiger partial charge in [-0.2, -0.15) is 11.8 Å². The Hall–Kier alpha value is -1.69. The van der Waals surface area contributed by atoms with Gasteiger partial charge in [-0.15, -0.1) is 0 Å². The lowest BCUT2D eigenvalue weighted by Crippen LogP contribution is -2.57. The Balaban J connectivity index is 1.90. The average Bonchev–Trinajstić information content (AvgIpc) is 2.47. The number of carbonyl (C=O) groups is 2. The van der Waals surface area contributed by atoms with E-state index in [9.17, 15) is 14.7 Å². The maximum Gasteiger partial charge on any atom is 0.408 e. The van der Waals surface area contributed by atoms with Crippen molar-refractivity contribution in [3.05, 3.63) is 35.9 Å². The van der Waals surface area contributed by atoms with Crippen LogP contribution >= 0.6 is 11.8 Å². The molecule has 5 nitrogen and oxygen atoms in total. The van der Waals surface area contributed by atoms with Crippen LogP contribution in [0, 0.1) is 0 Å². The van der Waals surface area contributed by atoms with Crippen molar-refractivity contribution in [1.29, 1.82) is 0 Å². The zero-order chi connectivity index (χ0) is 14.4. The van der Waals surface area contributed by atoms with Gasteiger partial charge in [0.15, 0.2) is 0 Å². The summed E-state index contributed by atoms with van der Waals surface area (Å²) in [6, 6.07) is 9.27. The quantitative estimate of drug-likeness (QED) is 0.891. The van der Waals surface area contributed by atoms with Crippen LogP contribution in [0.15, 0.2) is 30.3 Å². The van der Waals surface area contributed by atoms with E-state index >= 15 is 0 Å². The molecule has 1 heterocycles. The minimum absolute atomic E-state index is 0.134. The van der Waals surface area contributed by atoms with Gasteiger partial charge in [-0.25, -0.2) is 9.59 Å². The molecule has 0 spiro atoms. The molecular formula is C14H17NO4S. The lowest BCUT2D eigenvalue weighted by molar-refractivity contribution is -0.144. The third kappa shape index (κ3) is 3.66. The summed E-state index contributed by atoms with van der Waals surface area (Å²) < 4.78 is 5.08. The smallest absolute Gasteiger partial charge is 0.408 e. The van der Waals surface area contributed by atoms with Gasteiger partial charge < -0.3 is 15.2 Å². The van der Waals surface area contributed by atoms with Crippen LogP contribution in [-0.2, 0) is 16.1 Å². The molecule has 1 aliphatic heterocycles. The van der Waals surface area contributed by atoms with Gasteiger partial charge in [-0.3, -0.25) is 0 Å². The van der Waals surface area contributed by atoms with Gasteiger partial charge in [0.05, 0.1) is 0 Å². The maximum absolute atomic E-state index is 11.8. The van der Waals surface area contributed by atoms with Crippen LogP contribution in [0.25, 0.3) is 0 Å². The summed E-state index contributed by atoms with van der Waals surface area (Å²) in [5.41, 5.74) is -0.332. The number of thioether (sulfide) groups is 1. The summed E-state index contributed by atoms with van der Waals surface area (Å²) in [6.45, 7) is 0.134. The molecule has 2 rings (SSSR count). The summed E-state index contributed by atoms with van der Waals surface area (Å²) >= 11 is 1.54. The summed E-state index contributed by atoms with van der Waals surface area (Å²) in [5.74, 6) is 0.305. The number of carboxylic acids is 1. The van der Waals surface area contributed by atoms with E-state index in [4.69, 9.17) is 4.74 Å². The number of amides is 1. The van der Waals surface area contributed by atoms with Crippen LogP contribution in [0.3, 0.4) is 0 Å².